The zero-order valence-corrected chi connectivity index (χ0v) is 11.7. The fraction of sp³-hybridized carbons (Fsp3) is 0.176. The average molecular weight is 281 g/mol. The SMILES string of the molecule is Cc1c(C(=O)O)cccc1N1CCc2ccccc2C1=O. The van der Waals surface area contributed by atoms with Gasteiger partial charge in [0.05, 0.1) is 5.56 Å². The van der Waals surface area contributed by atoms with E-state index in [2.05, 4.69) is 0 Å². The highest BCUT2D eigenvalue weighted by Gasteiger charge is 2.26. The van der Waals surface area contributed by atoms with Crippen LogP contribution in [0.3, 0.4) is 0 Å². The van der Waals surface area contributed by atoms with E-state index >= 15 is 0 Å². The van der Waals surface area contributed by atoms with Gasteiger partial charge in [0.1, 0.15) is 0 Å². The third-order valence-corrected chi connectivity index (χ3v) is 3.92. The summed E-state index contributed by atoms with van der Waals surface area (Å²) in [7, 11) is 0. The topological polar surface area (TPSA) is 57.6 Å². The van der Waals surface area contributed by atoms with Gasteiger partial charge in [-0.05, 0) is 42.7 Å². The van der Waals surface area contributed by atoms with Crippen molar-refractivity contribution in [3.63, 3.8) is 0 Å². The first kappa shape index (κ1) is 13.4. The summed E-state index contributed by atoms with van der Waals surface area (Å²) in [5.41, 5.74) is 3.28. The van der Waals surface area contributed by atoms with Crippen molar-refractivity contribution in [1.29, 1.82) is 0 Å². The molecule has 0 bridgehead atoms. The molecule has 106 valence electrons. The molecule has 4 nitrogen and oxygen atoms in total. The predicted molar refractivity (Wildman–Crippen MR) is 80.0 cm³/mol. The molecule has 0 atom stereocenters. The van der Waals surface area contributed by atoms with Crippen LogP contribution in [-0.4, -0.2) is 23.5 Å². The molecule has 1 amide bonds. The molecule has 2 aromatic carbocycles. The monoisotopic (exact) mass is 281 g/mol. The summed E-state index contributed by atoms with van der Waals surface area (Å²) in [6.45, 7) is 2.31. The molecule has 0 aliphatic carbocycles. The van der Waals surface area contributed by atoms with Crippen molar-refractivity contribution in [2.45, 2.75) is 13.3 Å². The number of benzene rings is 2. The maximum atomic E-state index is 12.6. The fourth-order valence-corrected chi connectivity index (χ4v) is 2.80. The fourth-order valence-electron chi connectivity index (χ4n) is 2.80. The van der Waals surface area contributed by atoms with Gasteiger partial charge < -0.3 is 10.0 Å². The van der Waals surface area contributed by atoms with Crippen LogP contribution in [0.1, 0.15) is 31.8 Å². The lowest BCUT2D eigenvalue weighted by Gasteiger charge is -2.30. The lowest BCUT2D eigenvalue weighted by molar-refractivity contribution is 0.0695. The molecule has 4 heteroatoms. The number of nitrogens with zero attached hydrogens (tertiary/aromatic N) is 1. The molecule has 2 aromatic rings. The van der Waals surface area contributed by atoms with Crippen molar-refractivity contribution in [3.8, 4) is 0 Å². The number of hydrogen-bond acceptors (Lipinski definition) is 2. The minimum Gasteiger partial charge on any atom is -0.478 e. The van der Waals surface area contributed by atoms with Crippen LogP contribution in [-0.2, 0) is 6.42 Å². The highest BCUT2D eigenvalue weighted by molar-refractivity contribution is 6.09. The number of carboxylic acid groups (broad SMARTS) is 1. The van der Waals surface area contributed by atoms with Crippen molar-refractivity contribution in [2.24, 2.45) is 0 Å². The van der Waals surface area contributed by atoms with E-state index in [-0.39, 0.29) is 11.5 Å². The summed E-state index contributed by atoms with van der Waals surface area (Å²) in [6, 6.07) is 12.6. The van der Waals surface area contributed by atoms with Gasteiger partial charge in [0, 0.05) is 17.8 Å². The number of aromatic carboxylic acids is 1. The Hall–Kier alpha value is -2.62. The molecule has 1 heterocycles. The normalized spacial score (nSPS) is 14.0. The highest BCUT2D eigenvalue weighted by Crippen LogP contribution is 2.28. The molecule has 1 N–H and O–H groups in total. The van der Waals surface area contributed by atoms with E-state index < -0.39 is 5.97 Å². The Morgan fingerprint density at radius 2 is 1.90 bits per heavy atom. The third kappa shape index (κ3) is 2.18. The number of anilines is 1. The molecule has 1 aliphatic heterocycles. The quantitative estimate of drug-likeness (QED) is 0.920. The van der Waals surface area contributed by atoms with E-state index in [0.717, 1.165) is 12.0 Å². The molecule has 0 radical (unpaired) electrons. The molecular formula is C17H15NO3. The number of carboxylic acids is 1. The Morgan fingerprint density at radius 3 is 2.67 bits per heavy atom. The van der Waals surface area contributed by atoms with E-state index in [1.165, 1.54) is 0 Å². The summed E-state index contributed by atoms with van der Waals surface area (Å²) in [4.78, 5) is 25.5. The van der Waals surface area contributed by atoms with Crippen LogP contribution in [0.2, 0.25) is 0 Å². The lowest BCUT2D eigenvalue weighted by Crippen LogP contribution is -2.38. The number of rotatable bonds is 2. The smallest absolute Gasteiger partial charge is 0.336 e. The average Bonchev–Trinajstić information content (AvgIpc) is 2.48. The van der Waals surface area contributed by atoms with Crippen molar-refractivity contribution in [2.75, 3.05) is 11.4 Å². The summed E-state index contributed by atoms with van der Waals surface area (Å²) >= 11 is 0. The van der Waals surface area contributed by atoms with Gasteiger partial charge in [0.25, 0.3) is 5.91 Å². The van der Waals surface area contributed by atoms with Crippen molar-refractivity contribution in [3.05, 3.63) is 64.7 Å². The Labute approximate surface area is 122 Å². The molecule has 0 aromatic heterocycles. The minimum absolute atomic E-state index is 0.0671. The van der Waals surface area contributed by atoms with Crippen LogP contribution in [0.4, 0.5) is 5.69 Å². The predicted octanol–water partition coefficient (Wildman–Crippen LogP) is 2.90. The maximum Gasteiger partial charge on any atom is 0.336 e. The van der Waals surface area contributed by atoms with Crippen molar-refractivity contribution < 1.29 is 14.7 Å². The Bertz CT molecular complexity index is 737. The highest BCUT2D eigenvalue weighted by atomic mass is 16.4. The van der Waals surface area contributed by atoms with Gasteiger partial charge in [-0.25, -0.2) is 4.79 Å². The van der Waals surface area contributed by atoms with Gasteiger partial charge in [-0.2, -0.15) is 0 Å². The van der Waals surface area contributed by atoms with Crippen LogP contribution >= 0.6 is 0 Å². The van der Waals surface area contributed by atoms with E-state index in [9.17, 15) is 14.7 Å². The summed E-state index contributed by atoms with van der Waals surface area (Å²) in [6.07, 6.45) is 0.776. The maximum absolute atomic E-state index is 12.6. The van der Waals surface area contributed by atoms with Gasteiger partial charge in [0.2, 0.25) is 0 Å². The van der Waals surface area contributed by atoms with Crippen LogP contribution in [0.15, 0.2) is 42.5 Å². The number of hydrogen-bond donors (Lipinski definition) is 1. The molecule has 0 saturated heterocycles. The van der Waals surface area contributed by atoms with E-state index in [1.807, 2.05) is 24.3 Å². The Kier molecular flexibility index (Phi) is 3.22. The van der Waals surface area contributed by atoms with E-state index in [1.54, 1.807) is 30.0 Å². The van der Waals surface area contributed by atoms with Crippen LogP contribution in [0, 0.1) is 6.92 Å². The molecule has 0 spiro atoms. The van der Waals surface area contributed by atoms with Gasteiger partial charge in [0.15, 0.2) is 0 Å². The van der Waals surface area contributed by atoms with E-state index in [4.69, 9.17) is 0 Å². The van der Waals surface area contributed by atoms with Crippen LogP contribution in [0.25, 0.3) is 0 Å². The molecule has 0 fully saturated rings. The summed E-state index contributed by atoms with van der Waals surface area (Å²) in [5.74, 6) is -1.04. The van der Waals surface area contributed by atoms with Crippen LogP contribution < -0.4 is 4.90 Å². The molecular weight excluding hydrogens is 266 g/mol. The largest absolute Gasteiger partial charge is 0.478 e. The Morgan fingerprint density at radius 1 is 1.14 bits per heavy atom. The number of carbonyl (C=O) groups is 2. The lowest BCUT2D eigenvalue weighted by atomic mass is 9.97. The zero-order valence-electron chi connectivity index (χ0n) is 11.7. The summed E-state index contributed by atoms with van der Waals surface area (Å²) in [5, 5.41) is 9.21. The second-order valence-corrected chi connectivity index (χ2v) is 5.12. The number of fused-ring (bicyclic) bond motifs is 1. The summed E-state index contributed by atoms with van der Waals surface area (Å²) < 4.78 is 0. The van der Waals surface area contributed by atoms with Gasteiger partial charge in [-0.15, -0.1) is 0 Å². The molecule has 0 unspecified atom stereocenters. The number of carbonyl (C=O) groups excluding carboxylic acids is 1. The molecule has 1 aliphatic rings. The van der Waals surface area contributed by atoms with E-state index in [0.29, 0.717) is 23.4 Å². The second-order valence-electron chi connectivity index (χ2n) is 5.12. The molecule has 0 saturated carbocycles. The van der Waals surface area contributed by atoms with Crippen molar-refractivity contribution in [1.82, 2.24) is 0 Å². The first-order valence-electron chi connectivity index (χ1n) is 6.82. The van der Waals surface area contributed by atoms with Gasteiger partial charge in [-0.3, -0.25) is 4.79 Å². The standard InChI is InChI=1S/C17H15NO3/c1-11-13(17(20)21)7-4-8-15(11)18-10-9-12-5-2-3-6-14(12)16(18)19/h2-8H,9-10H2,1H3,(H,20,21). The first-order chi connectivity index (χ1) is 10.1. The number of amides is 1. The van der Waals surface area contributed by atoms with Gasteiger partial charge >= 0.3 is 5.97 Å². The third-order valence-electron chi connectivity index (χ3n) is 3.92. The minimum atomic E-state index is -0.973. The zero-order chi connectivity index (χ0) is 15.0. The second kappa shape index (κ2) is 5.05. The molecule has 21 heavy (non-hydrogen) atoms. The van der Waals surface area contributed by atoms with Gasteiger partial charge in [-0.1, -0.05) is 24.3 Å². The Balaban J connectivity index is 2.05. The van der Waals surface area contributed by atoms with Crippen molar-refractivity contribution >= 4 is 17.6 Å². The molecule has 3 rings (SSSR count). The first-order valence-corrected chi connectivity index (χ1v) is 6.82. The van der Waals surface area contributed by atoms with Crippen LogP contribution in [0.5, 0.6) is 0 Å².